The van der Waals surface area contributed by atoms with Crippen molar-refractivity contribution in [2.75, 3.05) is 11.5 Å². The Bertz CT molecular complexity index is 1030. The quantitative estimate of drug-likeness (QED) is 0.600. The average Bonchev–Trinajstić information content (AvgIpc) is 3.08. The molecule has 0 saturated carbocycles. The lowest BCUT2D eigenvalue weighted by atomic mass is 10.1. The molecule has 0 bridgehead atoms. The van der Waals surface area contributed by atoms with Crippen molar-refractivity contribution in [1.82, 2.24) is 0 Å². The first-order valence-corrected chi connectivity index (χ1v) is 9.52. The van der Waals surface area contributed by atoms with Crippen molar-refractivity contribution in [3.63, 3.8) is 0 Å². The molecule has 0 saturated heterocycles. The minimum absolute atomic E-state index is 0.0428. The zero-order valence-corrected chi connectivity index (χ0v) is 16.1. The molecule has 1 heterocycles. The molecule has 3 aromatic carbocycles. The Hall–Kier alpha value is -3.60. The predicted octanol–water partition coefficient (Wildman–Crippen LogP) is 4.61. The van der Waals surface area contributed by atoms with Gasteiger partial charge in [-0.1, -0.05) is 42.5 Å². The number of hydrogen-bond acceptors (Lipinski definition) is 4. The number of ether oxygens (including phenoxy) is 2. The zero-order chi connectivity index (χ0) is 20.2. The number of esters is 1. The highest BCUT2D eigenvalue weighted by atomic mass is 16.5. The molecule has 3 aromatic rings. The van der Waals surface area contributed by atoms with Crippen LogP contribution in [-0.2, 0) is 16.0 Å². The van der Waals surface area contributed by atoms with Gasteiger partial charge in [0.15, 0.2) is 6.61 Å². The third kappa shape index (κ3) is 4.14. The minimum Gasteiger partial charge on any atom is -0.457 e. The van der Waals surface area contributed by atoms with Crippen LogP contribution >= 0.6 is 0 Å². The number of fused-ring (bicyclic) bond motifs is 1. The van der Waals surface area contributed by atoms with Crippen molar-refractivity contribution in [3.05, 3.63) is 90.0 Å². The van der Waals surface area contributed by atoms with Crippen LogP contribution in [0.3, 0.4) is 0 Å². The van der Waals surface area contributed by atoms with Gasteiger partial charge in [-0.15, -0.1) is 0 Å². The van der Waals surface area contributed by atoms with Gasteiger partial charge in [0.25, 0.3) is 5.91 Å². The number of carbonyl (C=O) groups excluding carboxylic acids is 2. The maximum atomic E-state index is 12.7. The van der Waals surface area contributed by atoms with E-state index in [0.717, 1.165) is 17.7 Å². The van der Waals surface area contributed by atoms with Crippen LogP contribution in [0.2, 0.25) is 0 Å². The van der Waals surface area contributed by atoms with Crippen LogP contribution in [0.1, 0.15) is 22.8 Å². The van der Waals surface area contributed by atoms with Gasteiger partial charge >= 0.3 is 5.97 Å². The summed E-state index contributed by atoms with van der Waals surface area (Å²) in [6, 6.07) is 23.9. The highest BCUT2D eigenvalue weighted by Gasteiger charge is 2.31. The highest BCUT2D eigenvalue weighted by molar-refractivity contribution is 5.99. The Kier molecular flexibility index (Phi) is 5.29. The van der Waals surface area contributed by atoms with Crippen LogP contribution in [0, 0.1) is 0 Å². The largest absolute Gasteiger partial charge is 0.457 e. The number of amides is 1. The van der Waals surface area contributed by atoms with E-state index in [1.807, 2.05) is 61.5 Å². The van der Waals surface area contributed by atoms with Crippen LogP contribution < -0.4 is 9.64 Å². The molecule has 1 aliphatic heterocycles. The maximum Gasteiger partial charge on any atom is 0.338 e. The summed E-state index contributed by atoms with van der Waals surface area (Å²) in [5.41, 5.74) is 2.35. The molecular weight excluding hydrogens is 366 g/mol. The highest BCUT2D eigenvalue weighted by Crippen LogP contribution is 2.31. The first-order chi connectivity index (χ1) is 14.1. The molecule has 0 aliphatic carbocycles. The number of nitrogens with zero attached hydrogens (tertiary/aromatic N) is 1. The van der Waals surface area contributed by atoms with Crippen molar-refractivity contribution in [2.24, 2.45) is 0 Å². The Morgan fingerprint density at radius 2 is 1.66 bits per heavy atom. The van der Waals surface area contributed by atoms with Gasteiger partial charge in [-0.05, 0) is 55.3 Å². The molecule has 29 heavy (non-hydrogen) atoms. The van der Waals surface area contributed by atoms with Crippen molar-refractivity contribution < 1.29 is 19.1 Å². The third-order valence-corrected chi connectivity index (χ3v) is 4.85. The van der Waals surface area contributed by atoms with Crippen LogP contribution in [0.15, 0.2) is 78.9 Å². The molecular formula is C24H21NO4. The zero-order valence-electron chi connectivity index (χ0n) is 16.1. The van der Waals surface area contributed by atoms with E-state index in [0.29, 0.717) is 17.1 Å². The molecule has 0 unspecified atom stereocenters. The fraction of sp³-hybridized carbons (Fsp3) is 0.167. The fourth-order valence-corrected chi connectivity index (χ4v) is 3.54. The minimum atomic E-state index is -0.558. The van der Waals surface area contributed by atoms with Gasteiger partial charge in [-0.25, -0.2) is 4.79 Å². The standard InChI is InChI=1S/C24H21NO4/c1-17-14-18-8-5-6-13-22(18)25(17)23(26)16-28-24(27)19-9-7-12-21(15-19)29-20-10-3-2-4-11-20/h2-13,15,17H,14,16H2,1H3/t17-/m1/s1. The summed E-state index contributed by atoms with van der Waals surface area (Å²) in [5.74, 6) is 0.415. The smallest absolute Gasteiger partial charge is 0.338 e. The summed E-state index contributed by atoms with van der Waals surface area (Å²) in [4.78, 5) is 26.8. The molecule has 4 rings (SSSR count). The summed E-state index contributed by atoms with van der Waals surface area (Å²) in [6.07, 6.45) is 0.800. The van der Waals surface area contributed by atoms with Gasteiger partial charge < -0.3 is 14.4 Å². The summed E-state index contributed by atoms with van der Waals surface area (Å²) in [5, 5.41) is 0. The number of rotatable bonds is 5. The molecule has 0 radical (unpaired) electrons. The van der Waals surface area contributed by atoms with E-state index >= 15 is 0 Å². The summed E-state index contributed by atoms with van der Waals surface area (Å²) in [6.45, 7) is 1.69. The van der Waals surface area contributed by atoms with Crippen molar-refractivity contribution >= 4 is 17.6 Å². The Morgan fingerprint density at radius 3 is 2.48 bits per heavy atom. The van der Waals surface area contributed by atoms with Crippen LogP contribution in [-0.4, -0.2) is 24.5 Å². The monoisotopic (exact) mass is 387 g/mol. The maximum absolute atomic E-state index is 12.7. The van der Waals surface area contributed by atoms with Gasteiger partial charge in [0, 0.05) is 11.7 Å². The van der Waals surface area contributed by atoms with E-state index in [1.165, 1.54) is 0 Å². The van der Waals surface area contributed by atoms with E-state index in [1.54, 1.807) is 29.2 Å². The Morgan fingerprint density at radius 1 is 0.931 bits per heavy atom. The van der Waals surface area contributed by atoms with Crippen molar-refractivity contribution in [3.8, 4) is 11.5 Å². The number of carbonyl (C=O) groups is 2. The first-order valence-electron chi connectivity index (χ1n) is 9.52. The van der Waals surface area contributed by atoms with E-state index in [9.17, 15) is 9.59 Å². The second-order valence-electron chi connectivity index (χ2n) is 6.96. The molecule has 0 spiro atoms. The lowest BCUT2D eigenvalue weighted by molar-refractivity contribution is -0.122. The second kappa shape index (κ2) is 8.19. The van der Waals surface area contributed by atoms with Gasteiger partial charge in [-0.2, -0.15) is 0 Å². The second-order valence-corrected chi connectivity index (χ2v) is 6.96. The fourth-order valence-electron chi connectivity index (χ4n) is 3.54. The molecule has 5 nitrogen and oxygen atoms in total. The number of hydrogen-bond donors (Lipinski definition) is 0. The summed E-state index contributed by atoms with van der Waals surface area (Å²) < 4.78 is 11.0. The molecule has 0 fully saturated rings. The van der Waals surface area contributed by atoms with Crippen LogP contribution in [0.25, 0.3) is 0 Å². The summed E-state index contributed by atoms with van der Waals surface area (Å²) in [7, 11) is 0. The van der Waals surface area contributed by atoms with E-state index < -0.39 is 5.97 Å². The van der Waals surface area contributed by atoms with Crippen molar-refractivity contribution in [1.29, 1.82) is 0 Å². The Balaban J connectivity index is 1.40. The molecule has 1 amide bonds. The SMILES string of the molecule is C[C@@H]1Cc2ccccc2N1C(=O)COC(=O)c1cccc(Oc2ccccc2)c1. The molecule has 5 heteroatoms. The predicted molar refractivity (Wildman–Crippen MR) is 110 cm³/mol. The van der Waals surface area contributed by atoms with E-state index in [-0.39, 0.29) is 18.6 Å². The number of anilines is 1. The molecule has 1 aliphatic rings. The van der Waals surface area contributed by atoms with Crippen LogP contribution in [0.4, 0.5) is 5.69 Å². The van der Waals surface area contributed by atoms with E-state index in [2.05, 4.69) is 0 Å². The Labute approximate surface area is 169 Å². The van der Waals surface area contributed by atoms with Gasteiger partial charge in [0.2, 0.25) is 0 Å². The molecule has 0 N–H and O–H groups in total. The van der Waals surface area contributed by atoms with Gasteiger partial charge in [0.1, 0.15) is 11.5 Å². The van der Waals surface area contributed by atoms with Gasteiger partial charge in [0.05, 0.1) is 5.56 Å². The van der Waals surface area contributed by atoms with Gasteiger partial charge in [-0.3, -0.25) is 4.79 Å². The number of para-hydroxylation sites is 2. The first kappa shape index (κ1) is 18.7. The molecule has 146 valence electrons. The summed E-state index contributed by atoms with van der Waals surface area (Å²) >= 11 is 0. The molecule has 1 atom stereocenters. The lowest BCUT2D eigenvalue weighted by Gasteiger charge is -2.22. The van der Waals surface area contributed by atoms with Crippen molar-refractivity contribution in [2.45, 2.75) is 19.4 Å². The lowest BCUT2D eigenvalue weighted by Crippen LogP contribution is -2.38. The topological polar surface area (TPSA) is 55.8 Å². The van der Waals surface area contributed by atoms with E-state index in [4.69, 9.17) is 9.47 Å². The third-order valence-electron chi connectivity index (χ3n) is 4.85. The van der Waals surface area contributed by atoms with Crippen LogP contribution in [0.5, 0.6) is 11.5 Å². The molecule has 0 aromatic heterocycles. The number of benzene rings is 3. The average molecular weight is 387 g/mol. The normalized spacial score (nSPS) is 14.9.